The number of rotatable bonds is 11. The number of amides is 2. The van der Waals surface area contributed by atoms with Gasteiger partial charge in [0.25, 0.3) is 0 Å². The molecule has 5 rings (SSSR count). The largest absolute Gasteiger partial charge is 0.468 e. The van der Waals surface area contributed by atoms with Crippen LogP contribution in [-0.2, 0) is 22.7 Å². The monoisotopic (exact) mass is 520 g/mol. The highest BCUT2D eigenvalue weighted by Crippen LogP contribution is 2.38. The number of amidine groups is 1. The minimum atomic E-state index is -0.290. The Balaban J connectivity index is 1.17. The second kappa shape index (κ2) is 12.0. The molecule has 3 aliphatic rings. The number of carbonyl (C=O) groups is 2. The van der Waals surface area contributed by atoms with Gasteiger partial charge in [-0.3, -0.25) is 24.8 Å². The summed E-state index contributed by atoms with van der Waals surface area (Å²) >= 11 is 0. The third-order valence-corrected chi connectivity index (χ3v) is 8.01. The van der Waals surface area contributed by atoms with E-state index in [9.17, 15) is 9.59 Å². The first kappa shape index (κ1) is 26.3. The van der Waals surface area contributed by atoms with Gasteiger partial charge in [0.15, 0.2) is 6.29 Å². The van der Waals surface area contributed by atoms with Crippen LogP contribution in [0.4, 0.5) is 0 Å². The predicted molar refractivity (Wildman–Crippen MR) is 145 cm³/mol. The molecule has 2 fully saturated rings. The van der Waals surface area contributed by atoms with Gasteiger partial charge in [0.05, 0.1) is 18.7 Å². The molecule has 3 atom stereocenters. The van der Waals surface area contributed by atoms with Crippen molar-refractivity contribution in [1.82, 2.24) is 25.4 Å². The lowest BCUT2D eigenvalue weighted by atomic mass is 9.80. The molecule has 0 radical (unpaired) electrons. The fourth-order valence-corrected chi connectivity index (χ4v) is 5.96. The number of furan rings is 1. The van der Waals surface area contributed by atoms with E-state index < -0.39 is 0 Å². The number of nitrogens with one attached hydrogen (secondary N) is 2. The SMILES string of the molecule is CC(C)N(CCNC(=O)CCC1=NNC2N(Cc3ccccc3)C(=O)C3CCCCC3N12)Cc1ccco1. The molecule has 9 nitrogen and oxygen atoms in total. The molecule has 0 spiro atoms. The zero-order valence-electron chi connectivity index (χ0n) is 22.5. The van der Waals surface area contributed by atoms with Gasteiger partial charge < -0.3 is 14.6 Å². The standard InChI is InChI=1S/C29H40N6O3/c1-21(2)33(20-23-11-8-18-38-23)17-16-30-27(36)15-14-26-31-32-29-34(19-22-9-4-3-5-10-22)28(37)24-12-6-7-13-25(24)35(26)29/h3-5,8-11,18,21,24-25,29,32H,6-7,12-17,19-20H2,1-2H3,(H,30,36). The molecule has 1 aromatic heterocycles. The number of nitrogens with zero attached hydrogens (tertiary/aromatic N) is 4. The van der Waals surface area contributed by atoms with Gasteiger partial charge in [0, 0.05) is 44.6 Å². The first-order valence-corrected chi connectivity index (χ1v) is 14.0. The van der Waals surface area contributed by atoms with Gasteiger partial charge >= 0.3 is 0 Å². The number of hydrazone groups is 1. The molecule has 1 aromatic carbocycles. The molecule has 204 valence electrons. The Labute approximate surface area is 225 Å². The molecule has 3 heterocycles. The van der Waals surface area contributed by atoms with Crippen LogP contribution in [0.15, 0.2) is 58.2 Å². The topological polar surface area (TPSA) is 93.4 Å². The Morgan fingerprint density at radius 3 is 2.76 bits per heavy atom. The Morgan fingerprint density at radius 1 is 1.18 bits per heavy atom. The van der Waals surface area contributed by atoms with Crippen LogP contribution >= 0.6 is 0 Å². The smallest absolute Gasteiger partial charge is 0.231 e. The highest BCUT2D eigenvalue weighted by atomic mass is 16.3. The van der Waals surface area contributed by atoms with Crippen LogP contribution < -0.4 is 10.7 Å². The van der Waals surface area contributed by atoms with Crippen LogP contribution in [0.2, 0.25) is 0 Å². The van der Waals surface area contributed by atoms with E-state index in [-0.39, 0.29) is 30.1 Å². The van der Waals surface area contributed by atoms with E-state index in [1.807, 2.05) is 35.2 Å². The van der Waals surface area contributed by atoms with Gasteiger partial charge in [-0.2, -0.15) is 5.10 Å². The lowest BCUT2D eigenvalue weighted by Gasteiger charge is -2.50. The van der Waals surface area contributed by atoms with E-state index in [2.05, 4.69) is 51.6 Å². The highest BCUT2D eigenvalue weighted by Gasteiger charge is 2.50. The summed E-state index contributed by atoms with van der Waals surface area (Å²) in [6, 6.07) is 14.5. The normalized spacial score (nSPS) is 22.8. The molecule has 1 saturated carbocycles. The molecule has 2 amide bonds. The third-order valence-electron chi connectivity index (χ3n) is 8.01. The second-order valence-electron chi connectivity index (χ2n) is 10.8. The van der Waals surface area contributed by atoms with Gasteiger partial charge in [-0.15, -0.1) is 0 Å². The average Bonchev–Trinajstić information content (AvgIpc) is 3.60. The van der Waals surface area contributed by atoms with Gasteiger partial charge in [0.1, 0.15) is 11.6 Å². The molecule has 2 aromatic rings. The van der Waals surface area contributed by atoms with E-state index >= 15 is 0 Å². The molecule has 38 heavy (non-hydrogen) atoms. The molecular weight excluding hydrogens is 480 g/mol. The van der Waals surface area contributed by atoms with Crippen molar-refractivity contribution < 1.29 is 14.0 Å². The summed E-state index contributed by atoms with van der Waals surface area (Å²) in [5.41, 5.74) is 4.33. The third kappa shape index (κ3) is 5.88. The number of carbonyl (C=O) groups excluding carboxylic acids is 2. The summed E-state index contributed by atoms with van der Waals surface area (Å²) in [6.07, 6.45) is 6.42. The first-order chi connectivity index (χ1) is 18.5. The van der Waals surface area contributed by atoms with E-state index in [0.717, 1.165) is 55.9 Å². The maximum atomic E-state index is 13.5. The number of hydrogen-bond acceptors (Lipinski definition) is 7. The van der Waals surface area contributed by atoms with Crippen molar-refractivity contribution in [3.63, 3.8) is 0 Å². The summed E-state index contributed by atoms with van der Waals surface area (Å²) in [5, 5.41) is 7.72. The van der Waals surface area contributed by atoms with Gasteiger partial charge in [-0.25, -0.2) is 0 Å². The van der Waals surface area contributed by atoms with Crippen LogP contribution in [0.3, 0.4) is 0 Å². The number of hydrogen-bond donors (Lipinski definition) is 2. The van der Waals surface area contributed by atoms with Crippen LogP contribution in [0.25, 0.3) is 0 Å². The van der Waals surface area contributed by atoms with Crippen LogP contribution in [0.5, 0.6) is 0 Å². The van der Waals surface area contributed by atoms with Crippen molar-refractivity contribution in [2.75, 3.05) is 13.1 Å². The molecule has 2 aliphatic heterocycles. The van der Waals surface area contributed by atoms with Crippen LogP contribution in [-0.4, -0.2) is 63.8 Å². The highest BCUT2D eigenvalue weighted by molar-refractivity contribution is 5.91. The van der Waals surface area contributed by atoms with Crippen molar-refractivity contribution >= 4 is 17.6 Å². The number of fused-ring (bicyclic) bond motifs is 3. The minimum absolute atomic E-state index is 0.0150. The summed E-state index contributed by atoms with van der Waals surface area (Å²) in [4.78, 5) is 32.8. The van der Waals surface area contributed by atoms with Crippen molar-refractivity contribution in [1.29, 1.82) is 0 Å². The van der Waals surface area contributed by atoms with E-state index in [0.29, 0.717) is 32.0 Å². The quantitative estimate of drug-likeness (QED) is 0.471. The van der Waals surface area contributed by atoms with E-state index in [1.54, 1.807) is 6.26 Å². The summed E-state index contributed by atoms with van der Waals surface area (Å²) in [5.74, 6) is 2.03. The van der Waals surface area contributed by atoms with Gasteiger partial charge in [0.2, 0.25) is 11.8 Å². The second-order valence-corrected chi connectivity index (χ2v) is 10.8. The Kier molecular flexibility index (Phi) is 8.32. The molecule has 1 saturated heterocycles. The van der Waals surface area contributed by atoms with E-state index in [4.69, 9.17) is 4.42 Å². The first-order valence-electron chi connectivity index (χ1n) is 14.0. The average molecular weight is 521 g/mol. The Morgan fingerprint density at radius 2 is 2.00 bits per heavy atom. The molecule has 9 heteroatoms. The van der Waals surface area contributed by atoms with Gasteiger partial charge in [-0.1, -0.05) is 43.2 Å². The summed E-state index contributed by atoms with van der Waals surface area (Å²) in [6.45, 7) is 6.90. The lowest BCUT2D eigenvalue weighted by molar-refractivity contribution is -0.156. The minimum Gasteiger partial charge on any atom is -0.468 e. The fraction of sp³-hybridized carbons (Fsp3) is 0.552. The van der Waals surface area contributed by atoms with Crippen molar-refractivity contribution in [3.8, 4) is 0 Å². The number of benzene rings is 1. The zero-order chi connectivity index (χ0) is 26.5. The van der Waals surface area contributed by atoms with E-state index in [1.165, 1.54) is 0 Å². The zero-order valence-corrected chi connectivity index (χ0v) is 22.5. The Hall–Kier alpha value is -3.33. The van der Waals surface area contributed by atoms with Gasteiger partial charge in [-0.05, 0) is 44.4 Å². The molecule has 3 unspecified atom stereocenters. The lowest BCUT2D eigenvalue weighted by Crippen LogP contribution is -2.67. The van der Waals surface area contributed by atoms with Crippen molar-refractivity contribution in [3.05, 3.63) is 60.1 Å². The Bertz CT molecular complexity index is 1100. The van der Waals surface area contributed by atoms with Crippen molar-refractivity contribution in [2.24, 2.45) is 11.0 Å². The molecule has 2 N–H and O–H groups in total. The summed E-state index contributed by atoms with van der Waals surface area (Å²) in [7, 11) is 0. The summed E-state index contributed by atoms with van der Waals surface area (Å²) < 4.78 is 5.49. The molecule has 0 bridgehead atoms. The maximum absolute atomic E-state index is 13.5. The fourth-order valence-electron chi connectivity index (χ4n) is 5.96. The van der Waals surface area contributed by atoms with Crippen LogP contribution in [0, 0.1) is 5.92 Å². The molecule has 1 aliphatic carbocycles. The van der Waals surface area contributed by atoms with Crippen LogP contribution in [0.1, 0.15) is 63.7 Å². The maximum Gasteiger partial charge on any atom is 0.231 e. The predicted octanol–water partition coefficient (Wildman–Crippen LogP) is 3.49. The molecular formula is C29H40N6O3. The van der Waals surface area contributed by atoms with Crippen molar-refractivity contribution in [2.45, 2.75) is 83.8 Å².